The van der Waals surface area contributed by atoms with E-state index in [1.165, 1.54) is 0 Å². The van der Waals surface area contributed by atoms with Crippen LogP contribution in [0, 0.1) is 13.8 Å². The normalized spacial score (nSPS) is 11.1. The van der Waals surface area contributed by atoms with Crippen LogP contribution in [0.4, 0.5) is 0 Å². The molecule has 0 aliphatic heterocycles. The van der Waals surface area contributed by atoms with Crippen molar-refractivity contribution >= 4 is 5.91 Å². The zero-order valence-electron chi connectivity index (χ0n) is 15.8. The van der Waals surface area contributed by atoms with Crippen LogP contribution in [0.3, 0.4) is 0 Å². The number of carbonyl (C=O) groups excluding carboxylic acids is 1. The number of aromatic nitrogens is 2. The number of amides is 1. The first kappa shape index (κ1) is 19.1. The summed E-state index contributed by atoms with van der Waals surface area (Å²) in [4.78, 5) is 15.7. The molecule has 0 atom stereocenters. The van der Waals surface area contributed by atoms with Gasteiger partial charge in [-0.15, -0.1) is 0 Å². The van der Waals surface area contributed by atoms with Crippen molar-refractivity contribution in [3.05, 3.63) is 47.3 Å². The van der Waals surface area contributed by atoms with Gasteiger partial charge >= 0.3 is 0 Å². The molecule has 136 valence electrons. The summed E-state index contributed by atoms with van der Waals surface area (Å²) in [6.45, 7) is 6.45. The third-order valence-electron chi connectivity index (χ3n) is 4.07. The third kappa shape index (κ3) is 5.41. The van der Waals surface area contributed by atoms with E-state index in [4.69, 9.17) is 4.74 Å². The van der Waals surface area contributed by atoms with Gasteiger partial charge in [0, 0.05) is 40.0 Å². The molecule has 0 fully saturated rings. The number of aryl methyl sites for hydroxylation is 2. The lowest BCUT2D eigenvalue weighted by molar-refractivity contribution is -0.130. The predicted octanol–water partition coefficient (Wildman–Crippen LogP) is 2.03. The van der Waals surface area contributed by atoms with Crippen LogP contribution in [-0.4, -0.2) is 66.4 Å². The largest absolute Gasteiger partial charge is 0.383 e. The highest BCUT2D eigenvalue weighted by Gasteiger charge is 2.13. The van der Waals surface area contributed by atoms with Gasteiger partial charge in [0.25, 0.3) is 0 Å². The molecule has 0 saturated carbocycles. The standard InChI is InChI=1S/C19H28N4O2/c1-15-12-16(2)23(20-15)18-8-6-17(7-9-18)13-22(10-11-25-5)14-19(24)21(3)4/h6-9,12H,10-11,13-14H2,1-5H3. The van der Waals surface area contributed by atoms with Gasteiger partial charge in [0.2, 0.25) is 5.91 Å². The van der Waals surface area contributed by atoms with E-state index >= 15 is 0 Å². The van der Waals surface area contributed by atoms with Gasteiger partial charge < -0.3 is 9.64 Å². The molecule has 0 bridgehead atoms. The molecular formula is C19H28N4O2. The van der Waals surface area contributed by atoms with E-state index in [1.54, 1.807) is 26.1 Å². The summed E-state index contributed by atoms with van der Waals surface area (Å²) in [5.41, 5.74) is 4.33. The molecular weight excluding hydrogens is 316 g/mol. The van der Waals surface area contributed by atoms with Crippen LogP contribution in [-0.2, 0) is 16.1 Å². The number of rotatable bonds is 8. The highest BCUT2D eigenvalue weighted by molar-refractivity contribution is 5.77. The van der Waals surface area contributed by atoms with Crippen molar-refractivity contribution in [1.29, 1.82) is 0 Å². The molecule has 1 aromatic carbocycles. The van der Waals surface area contributed by atoms with Crippen molar-refractivity contribution in [1.82, 2.24) is 19.6 Å². The molecule has 0 unspecified atom stereocenters. The fourth-order valence-electron chi connectivity index (χ4n) is 2.66. The summed E-state index contributed by atoms with van der Waals surface area (Å²) in [6, 6.07) is 10.4. The molecule has 2 aromatic rings. The van der Waals surface area contributed by atoms with Crippen LogP contribution >= 0.6 is 0 Å². The van der Waals surface area contributed by atoms with Crippen molar-refractivity contribution in [2.45, 2.75) is 20.4 Å². The first-order chi connectivity index (χ1) is 11.9. The number of hydrogen-bond acceptors (Lipinski definition) is 4. The van der Waals surface area contributed by atoms with Gasteiger partial charge in [0.1, 0.15) is 0 Å². The molecule has 0 N–H and O–H groups in total. The Kier molecular flexibility index (Phi) is 6.73. The van der Waals surface area contributed by atoms with Crippen LogP contribution in [0.2, 0.25) is 0 Å². The molecule has 0 spiro atoms. The van der Waals surface area contributed by atoms with Crippen molar-refractivity contribution in [2.24, 2.45) is 0 Å². The van der Waals surface area contributed by atoms with E-state index in [9.17, 15) is 4.79 Å². The van der Waals surface area contributed by atoms with Gasteiger partial charge in [0.05, 0.1) is 24.5 Å². The summed E-state index contributed by atoms with van der Waals surface area (Å²) in [5, 5.41) is 4.51. The number of benzene rings is 1. The zero-order chi connectivity index (χ0) is 18.4. The number of hydrogen-bond donors (Lipinski definition) is 0. The Morgan fingerprint density at radius 1 is 1.20 bits per heavy atom. The van der Waals surface area contributed by atoms with Crippen LogP contribution < -0.4 is 0 Å². The molecule has 0 aliphatic carbocycles. The lowest BCUT2D eigenvalue weighted by atomic mass is 10.2. The van der Waals surface area contributed by atoms with E-state index in [1.807, 2.05) is 18.5 Å². The Hall–Kier alpha value is -2.18. The van der Waals surface area contributed by atoms with E-state index in [2.05, 4.69) is 40.3 Å². The van der Waals surface area contributed by atoms with Crippen LogP contribution in [0.15, 0.2) is 30.3 Å². The molecule has 0 saturated heterocycles. The topological polar surface area (TPSA) is 50.6 Å². The molecule has 0 aliphatic rings. The summed E-state index contributed by atoms with van der Waals surface area (Å²) in [5.74, 6) is 0.0929. The molecule has 0 radical (unpaired) electrons. The molecule has 1 heterocycles. The number of ether oxygens (including phenoxy) is 1. The van der Waals surface area contributed by atoms with Crippen molar-refractivity contribution in [3.8, 4) is 5.69 Å². The van der Waals surface area contributed by atoms with Crippen molar-refractivity contribution in [3.63, 3.8) is 0 Å². The Morgan fingerprint density at radius 3 is 2.40 bits per heavy atom. The minimum Gasteiger partial charge on any atom is -0.383 e. The van der Waals surface area contributed by atoms with Gasteiger partial charge in [0.15, 0.2) is 0 Å². The summed E-state index contributed by atoms with van der Waals surface area (Å²) < 4.78 is 7.11. The second kappa shape index (κ2) is 8.78. The Balaban J connectivity index is 2.08. The number of likely N-dealkylation sites (N-methyl/N-ethyl adjacent to an activating group) is 1. The maximum Gasteiger partial charge on any atom is 0.236 e. The fourth-order valence-corrected chi connectivity index (χ4v) is 2.66. The van der Waals surface area contributed by atoms with E-state index < -0.39 is 0 Å². The summed E-state index contributed by atoms with van der Waals surface area (Å²) in [7, 11) is 5.23. The average Bonchev–Trinajstić information content (AvgIpc) is 2.91. The molecule has 1 amide bonds. The number of carbonyl (C=O) groups is 1. The maximum atomic E-state index is 12.0. The summed E-state index contributed by atoms with van der Waals surface area (Å²) in [6.07, 6.45) is 0. The van der Waals surface area contributed by atoms with Crippen LogP contribution in [0.1, 0.15) is 17.0 Å². The lowest BCUT2D eigenvalue weighted by Crippen LogP contribution is -2.37. The Bertz CT molecular complexity index is 692. The first-order valence-electron chi connectivity index (χ1n) is 8.44. The predicted molar refractivity (Wildman–Crippen MR) is 98.9 cm³/mol. The van der Waals surface area contributed by atoms with Crippen LogP contribution in [0.25, 0.3) is 5.69 Å². The van der Waals surface area contributed by atoms with E-state index in [0.29, 0.717) is 19.7 Å². The van der Waals surface area contributed by atoms with Gasteiger partial charge in [-0.25, -0.2) is 4.68 Å². The second-order valence-corrected chi connectivity index (χ2v) is 6.50. The molecule has 25 heavy (non-hydrogen) atoms. The van der Waals surface area contributed by atoms with Crippen molar-refractivity contribution in [2.75, 3.05) is 40.9 Å². The first-order valence-corrected chi connectivity index (χ1v) is 8.44. The Labute approximate surface area is 150 Å². The maximum absolute atomic E-state index is 12.0. The summed E-state index contributed by atoms with van der Waals surface area (Å²) >= 11 is 0. The quantitative estimate of drug-likeness (QED) is 0.735. The smallest absolute Gasteiger partial charge is 0.236 e. The van der Waals surface area contributed by atoms with Gasteiger partial charge in [-0.3, -0.25) is 9.69 Å². The minimum absolute atomic E-state index is 0.0929. The molecule has 6 heteroatoms. The monoisotopic (exact) mass is 344 g/mol. The molecule has 2 rings (SSSR count). The lowest BCUT2D eigenvalue weighted by Gasteiger charge is -2.23. The highest BCUT2D eigenvalue weighted by atomic mass is 16.5. The fraction of sp³-hybridized carbons (Fsp3) is 0.474. The zero-order valence-corrected chi connectivity index (χ0v) is 15.8. The van der Waals surface area contributed by atoms with Crippen LogP contribution in [0.5, 0.6) is 0 Å². The Morgan fingerprint density at radius 2 is 1.88 bits per heavy atom. The SMILES string of the molecule is COCCN(CC(=O)N(C)C)Cc1ccc(-n2nc(C)cc2C)cc1. The van der Waals surface area contributed by atoms with E-state index in [-0.39, 0.29) is 5.91 Å². The van der Waals surface area contributed by atoms with E-state index in [0.717, 1.165) is 29.2 Å². The number of methoxy groups -OCH3 is 1. The molecule has 1 aromatic heterocycles. The van der Waals surface area contributed by atoms with Gasteiger partial charge in [-0.1, -0.05) is 12.1 Å². The highest BCUT2D eigenvalue weighted by Crippen LogP contribution is 2.14. The average molecular weight is 344 g/mol. The minimum atomic E-state index is 0.0929. The van der Waals surface area contributed by atoms with Gasteiger partial charge in [-0.2, -0.15) is 5.10 Å². The number of nitrogens with zero attached hydrogens (tertiary/aromatic N) is 4. The van der Waals surface area contributed by atoms with Crippen molar-refractivity contribution < 1.29 is 9.53 Å². The second-order valence-electron chi connectivity index (χ2n) is 6.50. The molecule has 6 nitrogen and oxygen atoms in total. The third-order valence-corrected chi connectivity index (χ3v) is 4.07. The van der Waals surface area contributed by atoms with Gasteiger partial charge in [-0.05, 0) is 37.6 Å².